The van der Waals surface area contributed by atoms with Gasteiger partial charge in [0.2, 0.25) is 11.8 Å². The maximum atomic E-state index is 13.0. The van der Waals surface area contributed by atoms with Gasteiger partial charge in [-0.3, -0.25) is 9.59 Å². The number of rotatable bonds is 5. The van der Waals surface area contributed by atoms with Crippen LogP contribution in [-0.2, 0) is 16.0 Å². The van der Waals surface area contributed by atoms with Gasteiger partial charge in [-0.1, -0.05) is 54.6 Å². The van der Waals surface area contributed by atoms with E-state index in [4.69, 9.17) is 0 Å². The molecule has 0 spiro atoms. The van der Waals surface area contributed by atoms with Gasteiger partial charge < -0.3 is 10.2 Å². The van der Waals surface area contributed by atoms with Crippen molar-refractivity contribution in [1.29, 1.82) is 0 Å². The van der Waals surface area contributed by atoms with Crippen LogP contribution in [0.1, 0.15) is 31.2 Å². The summed E-state index contributed by atoms with van der Waals surface area (Å²) in [6.45, 7) is 1.29. The first-order valence-electron chi connectivity index (χ1n) is 10.3. The topological polar surface area (TPSA) is 49.4 Å². The number of carbonyl (C=O) groups is 2. The number of hydrogen-bond donors (Lipinski definition) is 1. The molecule has 1 aliphatic heterocycles. The molecule has 4 rings (SSSR count). The van der Waals surface area contributed by atoms with Crippen LogP contribution in [0.4, 0.5) is 0 Å². The molecule has 2 fully saturated rings. The van der Waals surface area contributed by atoms with E-state index in [-0.39, 0.29) is 17.7 Å². The number of nitrogens with one attached hydrogen (secondary N) is 1. The van der Waals surface area contributed by atoms with Crippen molar-refractivity contribution < 1.29 is 9.59 Å². The van der Waals surface area contributed by atoms with Crippen molar-refractivity contribution in [3.8, 4) is 11.1 Å². The molecule has 1 saturated heterocycles. The predicted molar refractivity (Wildman–Crippen MR) is 111 cm³/mol. The fourth-order valence-corrected chi connectivity index (χ4v) is 4.52. The molecule has 1 atom stereocenters. The van der Waals surface area contributed by atoms with Gasteiger partial charge in [0.15, 0.2) is 0 Å². The first kappa shape index (κ1) is 18.7. The molecule has 1 heterocycles. The summed E-state index contributed by atoms with van der Waals surface area (Å²) in [7, 11) is 1.70. The predicted octanol–water partition coefficient (Wildman–Crippen LogP) is 3.66. The fraction of sp³-hybridized carbons (Fsp3) is 0.417. The zero-order valence-corrected chi connectivity index (χ0v) is 16.5. The van der Waals surface area contributed by atoms with E-state index in [0.29, 0.717) is 13.0 Å². The summed E-state index contributed by atoms with van der Waals surface area (Å²) >= 11 is 0. The van der Waals surface area contributed by atoms with Crippen LogP contribution in [0.3, 0.4) is 0 Å². The van der Waals surface area contributed by atoms with Gasteiger partial charge in [-0.05, 0) is 48.8 Å². The number of carbonyl (C=O) groups excluding carboxylic acids is 2. The molecule has 0 radical (unpaired) electrons. The van der Waals surface area contributed by atoms with Gasteiger partial charge in [0.05, 0.1) is 5.41 Å². The van der Waals surface area contributed by atoms with Gasteiger partial charge >= 0.3 is 0 Å². The van der Waals surface area contributed by atoms with Crippen molar-refractivity contribution in [2.24, 2.45) is 11.3 Å². The standard InChI is InChI=1S/C24H28N2O2/c1-25-23(28)24(14-7-15-26(17-24)22(27)19-12-13-19)16-20-10-5-6-11-21(20)18-8-3-2-4-9-18/h2-6,8-11,19H,7,12-17H2,1H3,(H,25,28)/t24-/m1/s1. The quantitative estimate of drug-likeness (QED) is 0.866. The van der Waals surface area contributed by atoms with Gasteiger partial charge in [0.1, 0.15) is 0 Å². The first-order valence-corrected chi connectivity index (χ1v) is 10.3. The van der Waals surface area contributed by atoms with E-state index < -0.39 is 5.41 Å². The Morgan fingerprint density at radius 1 is 1.07 bits per heavy atom. The minimum Gasteiger partial charge on any atom is -0.359 e. The molecule has 0 aromatic heterocycles. The number of benzene rings is 2. The SMILES string of the molecule is CNC(=O)[C@@]1(Cc2ccccc2-c2ccccc2)CCCN(C(=O)C2CC2)C1. The molecular weight excluding hydrogens is 348 g/mol. The summed E-state index contributed by atoms with van der Waals surface area (Å²) < 4.78 is 0. The highest BCUT2D eigenvalue weighted by molar-refractivity contribution is 5.86. The zero-order valence-electron chi connectivity index (χ0n) is 16.5. The second kappa shape index (κ2) is 7.78. The number of likely N-dealkylation sites (tertiary alicyclic amines) is 1. The lowest BCUT2D eigenvalue weighted by Crippen LogP contribution is -2.54. The minimum atomic E-state index is -0.567. The van der Waals surface area contributed by atoms with Crippen LogP contribution in [0.15, 0.2) is 54.6 Å². The van der Waals surface area contributed by atoms with E-state index in [0.717, 1.165) is 48.9 Å². The van der Waals surface area contributed by atoms with Crippen LogP contribution in [-0.4, -0.2) is 36.9 Å². The molecule has 1 saturated carbocycles. The van der Waals surface area contributed by atoms with Gasteiger partial charge in [0.25, 0.3) is 0 Å². The van der Waals surface area contributed by atoms with E-state index in [1.807, 2.05) is 35.2 Å². The lowest BCUT2D eigenvalue weighted by atomic mass is 9.73. The third kappa shape index (κ3) is 3.68. The van der Waals surface area contributed by atoms with Crippen molar-refractivity contribution >= 4 is 11.8 Å². The third-order valence-electron chi connectivity index (χ3n) is 6.15. The van der Waals surface area contributed by atoms with Crippen LogP contribution in [0, 0.1) is 11.3 Å². The first-order chi connectivity index (χ1) is 13.6. The van der Waals surface area contributed by atoms with Gasteiger partial charge in [-0.2, -0.15) is 0 Å². The van der Waals surface area contributed by atoms with E-state index in [2.05, 4.69) is 29.6 Å². The lowest BCUT2D eigenvalue weighted by molar-refractivity contribution is -0.142. The van der Waals surface area contributed by atoms with Crippen LogP contribution >= 0.6 is 0 Å². The summed E-state index contributed by atoms with van der Waals surface area (Å²) in [4.78, 5) is 27.7. The third-order valence-corrected chi connectivity index (χ3v) is 6.15. The van der Waals surface area contributed by atoms with Crippen molar-refractivity contribution in [2.75, 3.05) is 20.1 Å². The molecule has 1 N–H and O–H groups in total. The van der Waals surface area contributed by atoms with E-state index in [1.54, 1.807) is 7.05 Å². The Morgan fingerprint density at radius 3 is 2.50 bits per heavy atom. The van der Waals surface area contributed by atoms with Crippen molar-refractivity contribution in [2.45, 2.75) is 32.1 Å². The second-order valence-corrected chi connectivity index (χ2v) is 8.20. The molecular formula is C24H28N2O2. The Kier molecular flexibility index (Phi) is 5.21. The van der Waals surface area contributed by atoms with Gasteiger partial charge in [0, 0.05) is 26.1 Å². The van der Waals surface area contributed by atoms with Gasteiger partial charge in [-0.15, -0.1) is 0 Å². The number of nitrogens with zero attached hydrogens (tertiary/aromatic N) is 1. The largest absolute Gasteiger partial charge is 0.359 e. The Balaban J connectivity index is 1.66. The molecule has 2 aromatic rings. The average Bonchev–Trinajstić information content (AvgIpc) is 3.59. The number of hydrogen-bond acceptors (Lipinski definition) is 2. The van der Waals surface area contributed by atoms with E-state index in [9.17, 15) is 9.59 Å². The summed E-state index contributed by atoms with van der Waals surface area (Å²) in [6, 6.07) is 18.6. The van der Waals surface area contributed by atoms with Crippen molar-refractivity contribution in [3.63, 3.8) is 0 Å². The van der Waals surface area contributed by atoms with Crippen LogP contribution in [0.5, 0.6) is 0 Å². The summed E-state index contributed by atoms with van der Waals surface area (Å²) in [6.07, 6.45) is 4.33. The molecule has 28 heavy (non-hydrogen) atoms. The van der Waals surface area contributed by atoms with Gasteiger partial charge in [-0.25, -0.2) is 0 Å². The molecule has 146 valence electrons. The molecule has 2 aromatic carbocycles. The second-order valence-electron chi connectivity index (χ2n) is 8.20. The molecule has 4 heteroatoms. The molecule has 1 aliphatic carbocycles. The van der Waals surface area contributed by atoms with E-state index >= 15 is 0 Å². The highest BCUT2D eigenvalue weighted by atomic mass is 16.2. The normalized spacial score (nSPS) is 22.0. The molecule has 0 bridgehead atoms. The maximum Gasteiger partial charge on any atom is 0.228 e. The summed E-state index contributed by atoms with van der Waals surface area (Å²) in [5.74, 6) is 0.477. The highest BCUT2D eigenvalue weighted by Gasteiger charge is 2.45. The maximum absolute atomic E-state index is 13.0. The molecule has 2 aliphatic rings. The smallest absolute Gasteiger partial charge is 0.228 e. The molecule has 2 amide bonds. The number of piperidine rings is 1. The number of amides is 2. The summed E-state index contributed by atoms with van der Waals surface area (Å²) in [5.41, 5.74) is 2.92. The molecule has 4 nitrogen and oxygen atoms in total. The monoisotopic (exact) mass is 376 g/mol. The van der Waals surface area contributed by atoms with Crippen LogP contribution < -0.4 is 5.32 Å². The fourth-order valence-electron chi connectivity index (χ4n) is 4.52. The van der Waals surface area contributed by atoms with Crippen molar-refractivity contribution in [1.82, 2.24) is 10.2 Å². The Bertz CT molecular complexity index is 860. The average molecular weight is 377 g/mol. The Labute approximate surface area is 166 Å². The Morgan fingerprint density at radius 2 is 1.79 bits per heavy atom. The lowest BCUT2D eigenvalue weighted by Gasteiger charge is -2.42. The molecule has 0 unspecified atom stereocenters. The van der Waals surface area contributed by atoms with Crippen molar-refractivity contribution in [3.05, 3.63) is 60.2 Å². The van der Waals surface area contributed by atoms with Crippen LogP contribution in [0.2, 0.25) is 0 Å². The minimum absolute atomic E-state index is 0.0451. The summed E-state index contributed by atoms with van der Waals surface area (Å²) in [5, 5.41) is 2.88. The highest BCUT2D eigenvalue weighted by Crippen LogP contribution is 2.39. The van der Waals surface area contributed by atoms with E-state index in [1.165, 1.54) is 0 Å². The Hall–Kier alpha value is -2.62. The zero-order chi connectivity index (χ0) is 19.6. The van der Waals surface area contributed by atoms with Crippen LogP contribution in [0.25, 0.3) is 11.1 Å².